The summed E-state index contributed by atoms with van der Waals surface area (Å²) in [6.45, 7) is 1.95. The third-order valence-electron chi connectivity index (χ3n) is 5.33. The van der Waals surface area contributed by atoms with Crippen LogP contribution in [0.4, 0.5) is 10.5 Å². The van der Waals surface area contributed by atoms with Gasteiger partial charge in [-0.3, -0.25) is 19.8 Å². The standard InChI is InChI=1S/C18H22N4O3/c1-21-8-14(11-2-3-11)15(9-21)19-17(24)12-4-6-13(7-5-12)22-10-16(23)20-18(22)25/h4-7,11,14-15H,2-3,8-10H2,1H3,(H,19,24)(H,20,23,25)/t14-,15+/m1/s1. The molecule has 132 valence electrons. The quantitative estimate of drug-likeness (QED) is 0.794. The van der Waals surface area contributed by atoms with Crippen molar-refractivity contribution >= 4 is 23.5 Å². The van der Waals surface area contributed by atoms with Crippen LogP contribution in [0.2, 0.25) is 0 Å². The van der Waals surface area contributed by atoms with E-state index in [2.05, 4.69) is 22.6 Å². The second kappa shape index (κ2) is 6.15. The summed E-state index contributed by atoms with van der Waals surface area (Å²) >= 11 is 0. The molecule has 3 fully saturated rings. The molecule has 4 amide bonds. The third kappa shape index (κ3) is 3.24. The highest BCUT2D eigenvalue weighted by molar-refractivity contribution is 6.12. The molecule has 1 aliphatic carbocycles. The molecule has 2 aliphatic heterocycles. The zero-order valence-electron chi connectivity index (χ0n) is 14.2. The van der Waals surface area contributed by atoms with Crippen molar-refractivity contribution in [2.24, 2.45) is 11.8 Å². The van der Waals surface area contributed by atoms with Gasteiger partial charge in [0.1, 0.15) is 6.54 Å². The molecule has 2 saturated heterocycles. The van der Waals surface area contributed by atoms with Crippen molar-refractivity contribution in [2.75, 3.05) is 31.6 Å². The van der Waals surface area contributed by atoms with E-state index in [1.807, 2.05) is 0 Å². The molecular formula is C18H22N4O3. The third-order valence-corrected chi connectivity index (χ3v) is 5.33. The maximum absolute atomic E-state index is 12.6. The first-order chi connectivity index (χ1) is 12.0. The summed E-state index contributed by atoms with van der Waals surface area (Å²) in [5.41, 5.74) is 1.18. The van der Waals surface area contributed by atoms with E-state index in [1.54, 1.807) is 24.3 Å². The number of hydrogen-bond acceptors (Lipinski definition) is 4. The minimum absolute atomic E-state index is 0.0157. The predicted octanol–water partition coefficient (Wildman–Crippen LogP) is 0.813. The average Bonchev–Trinajstić information content (AvgIpc) is 3.28. The molecule has 7 heteroatoms. The molecular weight excluding hydrogens is 320 g/mol. The van der Waals surface area contributed by atoms with Crippen LogP contribution in [0, 0.1) is 11.8 Å². The molecule has 1 aromatic carbocycles. The fourth-order valence-electron chi connectivity index (χ4n) is 3.88. The van der Waals surface area contributed by atoms with Crippen LogP contribution in [-0.2, 0) is 4.79 Å². The van der Waals surface area contributed by atoms with E-state index in [-0.39, 0.29) is 24.4 Å². The minimum atomic E-state index is -0.427. The molecule has 4 rings (SSSR count). The van der Waals surface area contributed by atoms with Crippen LogP contribution in [-0.4, -0.2) is 55.5 Å². The Labute approximate surface area is 146 Å². The van der Waals surface area contributed by atoms with Crippen LogP contribution in [0.1, 0.15) is 23.2 Å². The van der Waals surface area contributed by atoms with Gasteiger partial charge in [-0.1, -0.05) is 0 Å². The Kier molecular flexibility index (Phi) is 3.95. The summed E-state index contributed by atoms with van der Waals surface area (Å²) in [5.74, 6) is 0.902. The Morgan fingerprint density at radius 1 is 1.16 bits per heavy atom. The molecule has 0 spiro atoms. The summed E-state index contributed by atoms with van der Waals surface area (Å²) in [6, 6.07) is 6.57. The van der Waals surface area contributed by atoms with Crippen LogP contribution in [0.25, 0.3) is 0 Å². The predicted molar refractivity (Wildman–Crippen MR) is 92.3 cm³/mol. The Morgan fingerprint density at radius 2 is 1.88 bits per heavy atom. The van der Waals surface area contributed by atoms with Crippen LogP contribution in [0.5, 0.6) is 0 Å². The van der Waals surface area contributed by atoms with Gasteiger partial charge >= 0.3 is 6.03 Å². The number of anilines is 1. The van der Waals surface area contributed by atoms with E-state index >= 15 is 0 Å². The zero-order chi connectivity index (χ0) is 17.6. The van der Waals surface area contributed by atoms with E-state index in [0.717, 1.165) is 19.0 Å². The topological polar surface area (TPSA) is 81.8 Å². The number of carbonyl (C=O) groups is 3. The molecule has 0 bridgehead atoms. The lowest BCUT2D eigenvalue weighted by Gasteiger charge is -2.20. The van der Waals surface area contributed by atoms with Crippen molar-refractivity contribution in [1.29, 1.82) is 0 Å². The van der Waals surface area contributed by atoms with Gasteiger partial charge in [0.05, 0.1) is 0 Å². The largest absolute Gasteiger partial charge is 0.348 e. The molecule has 2 atom stereocenters. The highest BCUT2D eigenvalue weighted by atomic mass is 16.2. The molecule has 7 nitrogen and oxygen atoms in total. The van der Waals surface area contributed by atoms with Gasteiger partial charge in [0.25, 0.3) is 5.91 Å². The maximum Gasteiger partial charge on any atom is 0.329 e. The molecule has 0 radical (unpaired) electrons. The lowest BCUT2D eigenvalue weighted by Crippen LogP contribution is -2.41. The summed E-state index contributed by atoms with van der Waals surface area (Å²) in [6.07, 6.45) is 2.55. The van der Waals surface area contributed by atoms with E-state index in [1.165, 1.54) is 17.7 Å². The van der Waals surface area contributed by atoms with Crippen molar-refractivity contribution in [3.63, 3.8) is 0 Å². The lowest BCUT2D eigenvalue weighted by atomic mass is 9.98. The highest BCUT2D eigenvalue weighted by Crippen LogP contribution is 2.41. The number of likely N-dealkylation sites (tertiary alicyclic amines) is 1. The zero-order valence-corrected chi connectivity index (χ0v) is 14.2. The second-order valence-corrected chi connectivity index (χ2v) is 7.29. The van der Waals surface area contributed by atoms with Gasteiger partial charge in [0.15, 0.2) is 0 Å². The van der Waals surface area contributed by atoms with Gasteiger partial charge < -0.3 is 10.2 Å². The van der Waals surface area contributed by atoms with Crippen LogP contribution in [0.15, 0.2) is 24.3 Å². The molecule has 1 saturated carbocycles. The summed E-state index contributed by atoms with van der Waals surface area (Å²) in [7, 11) is 2.10. The highest BCUT2D eigenvalue weighted by Gasteiger charge is 2.42. The normalized spacial score (nSPS) is 26.8. The van der Waals surface area contributed by atoms with Gasteiger partial charge in [-0.05, 0) is 56.0 Å². The number of urea groups is 1. The molecule has 0 unspecified atom stereocenters. The second-order valence-electron chi connectivity index (χ2n) is 7.29. The maximum atomic E-state index is 12.6. The number of imide groups is 1. The molecule has 0 aromatic heterocycles. The Bertz CT molecular complexity index is 714. The number of rotatable bonds is 4. The Hall–Kier alpha value is -2.41. The fraction of sp³-hybridized carbons (Fsp3) is 0.500. The summed E-state index contributed by atoms with van der Waals surface area (Å²) < 4.78 is 0. The number of nitrogens with one attached hydrogen (secondary N) is 2. The van der Waals surface area contributed by atoms with E-state index in [4.69, 9.17) is 0 Å². The van der Waals surface area contributed by atoms with E-state index in [0.29, 0.717) is 17.2 Å². The van der Waals surface area contributed by atoms with Gasteiger partial charge in [0, 0.05) is 30.4 Å². The minimum Gasteiger partial charge on any atom is -0.348 e. The average molecular weight is 342 g/mol. The fourth-order valence-corrected chi connectivity index (χ4v) is 3.88. The Morgan fingerprint density at radius 3 is 2.48 bits per heavy atom. The number of amides is 4. The molecule has 3 aliphatic rings. The van der Waals surface area contributed by atoms with Gasteiger partial charge in [0.2, 0.25) is 5.91 Å². The van der Waals surface area contributed by atoms with Crippen molar-refractivity contribution in [2.45, 2.75) is 18.9 Å². The van der Waals surface area contributed by atoms with E-state index < -0.39 is 6.03 Å². The smallest absolute Gasteiger partial charge is 0.329 e. The van der Waals surface area contributed by atoms with Crippen LogP contribution in [0.3, 0.4) is 0 Å². The summed E-state index contributed by atoms with van der Waals surface area (Å²) in [4.78, 5) is 39.2. The van der Waals surface area contributed by atoms with Gasteiger partial charge in [-0.2, -0.15) is 0 Å². The molecule has 2 N–H and O–H groups in total. The molecule has 25 heavy (non-hydrogen) atoms. The summed E-state index contributed by atoms with van der Waals surface area (Å²) in [5, 5.41) is 5.41. The first-order valence-electron chi connectivity index (χ1n) is 8.72. The number of benzene rings is 1. The monoisotopic (exact) mass is 342 g/mol. The lowest BCUT2D eigenvalue weighted by molar-refractivity contribution is -0.117. The first-order valence-corrected chi connectivity index (χ1v) is 8.72. The van der Waals surface area contributed by atoms with E-state index in [9.17, 15) is 14.4 Å². The van der Waals surface area contributed by atoms with Crippen molar-refractivity contribution < 1.29 is 14.4 Å². The van der Waals surface area contributed by atoms with Crippen LogP contribution >= 0.6 is 0 Å². The molecule has 2 heterocycles. The number of nitrogens with zero attached hydrogens (tertiary/aromatic N) is 2. The Balaban J connectivity index is 1.42. The first kappa shape index (κ1) is 16.1. The number of likely N-dealkylation sites (N-methyl/N-ethyl adjacent to an activating group) is 1. The number of hydrogen-bond donors (Lipinski definition) is 2. The van der Waals surface area contributed by atoms with Crippen molar-refractivity contribution in [3.8, 4) is 0 Å². The van der Waals surface area contributed by atoms with Gasteiger partial charge in [-0.15, -0.1) is 0 Å². The SMILES string of the molecule is CN1C[C@H](NC(=O)c2ccc(N3CC(=O)NC3=O)cc2)[C@@H](C2CC2)C1. The molecule has 1 aromatic rings. The van der Waals surface area contributed by atoms with Crippen LogP contribution < -0.4 is 15.5 Å². The van der Waals surface area contributed by atoms with Crippen molar-refractivity contribution in [1.82, 2.24) is 15.5 Å². The van der Waals surface area contributed by atoms with Crippen molar-refractivity contribution in [3.05, 3.63) is 29.8 Å². The van der Waals surface area contributed by atoms with Gasteiger partial charge in [-0.25, -0.2) is 4.79 Å². The number of carbonyl (C=O) groups excluding carboxylic acids is 3.